The second-order valence-electron chi connectivity index (χ2n) is 3.09. The Hall–Kier alpha value is -0.970. The predicted octanol–water partition coefficient (Wildman–Crippen LogP) is 0.924. The summed E-state index contributed by atoms with van der Waals surface area (Å²) in [4.78, 5) is 11.1. The van der Waals surface area contributed by atoms with E-state index < -0.39 is 0 Å². The van der Waals surface area contributed by atoms with Gasteiger partial charge in [-0.2, -0.15) is 0 Å². The highest BCUT2D eigenvalue weighted by atomic mass is 16.2. The van der Waals surface area contributed by atoms with Gasteiger partial charge in [-0.25, -0.2) is 0 Å². The number of nitrogens with one attached hydrogen (secondary N) is 1. The van der Waals surface area contributed by atoms with E-state index in [0.717, 1.165) is 12.8 Å². The summed E-state index contributed by atoms with van der Waals surface area (Å²) in [6.07, 6.45) is 7.82. The minimum Gasteiger partial charge on any atom is -0.352 e. The highest BCUT2D eigenvalue weighted by Gasteiger charge is 2.29. The average molecular weight is 151 g/mol. The predicted molar refractivity (Wildman–Crippen MR) is 43.8 cm³/mol. The second kappa shape index (κ2) is 3.43. The highest BCUT2D eigenvalue weighted by Crippen LogP contribution is 2.28. The van der Waals surface area contributed by atoms with E-state index in [1.807, 2.05) is 6.92 Å². The van der Waals surface area contributed by atoms with E-state index in [4.69, 9.17) is 6.42 Å². The maximum atomic E-state index is 11.1. The minimum atomic E-state index is 0.132. The Morgan fingerprint density at radius 1 is 1.82 bits per heavy atom. The summed E-state index contributed by atoms with van der Waals surface area (Å²) < 4.78 is 0. The van der Waals surface area contributed by atoms with Crippen molar-refractivity contribution < 1.29 is 4.79 Å². The first-order valence-corrected chi connectivity index (χ1v) is 3.98. The molecule has 1 fully saturated rings. The molecule has 0 aromatic heterocycles. The second-order valence-corrected chi connectivity index (χ2v) is 3.09. The topological polar surface area (TPSA) is 29.1 Å². The number of carbonyl (C=O) groups excluding carboxylic acids is 1. The van der Waals surface area contributed by atoms with Crippen molar-refractivity contribution in [2.75, 3.05) is 0 Å². The average Bonchev–Trinajstić information content (AvgIpc) is 2.67. The number of terminal acetylenes is 1. The van der Waals surface area contributed by atoms with Gasteiger partial charge >= 0.3 is 0 Å². The molecule has 1 unspecified atom stereocenters. The molecule has 1 aliphatic rings. The van der Waals surface area contributed by atoms with E-state index in [1.165, 1.54) is 0 Å². The molecular weight excluding hydrogens is 138 g/mol. The molecule has 2 heteroatoms. The van der Waals surface area contributed by atoms with Crippen molar-refractivity contribution >= 4 is 5.91 Å². The van der Waals surface area contributed by atoms with Crippen molar-refractivity contribution in [1.82, 2.24) is 5.32 Å². The lowest BCUT2D eigenvalue weighted by atomic mass is 10.2. The van der Waals surface area contributed by atoms with Crippen molar-refractivity contribution in [2.24, 2.45) is 5.92 Å². The van der Waals surface area contributed by atoms with Gasteiger partial charge in [-0.15, -0.1) is 12.3 Å². The molecule has 0 aliphatic heterocycles. The number of amides is 1. The van der Waals surface area contributed by atoms with Crippen LogP contribution < -0.4 is 5.32 Å². The van der Waals surface area contributed by atoms with Crippen molar-refractivity contribution in [2.45, 2.75) is 32.2 Å². The van der Waals surface area contributed by atoms with Gasteiger partial charge in [0.1, 0.15) is 0 Å². The van der Waals surface area contributed by atoms with E-state index >= 15 is 0 Å². The molecule has 0 spiro atoms. The summed E-state index contributed by atoms with van der Waals surface area (Å²) in [5.74, 6) is 2.98. The smallest absolute Gasteiger partial charge is 0.223 e. The Balaban J connectivity index is 2.18. The summed E-state index contributed by atoms with van der Waals surface area (Å²) in [5.41, 5.74) is 0. The van der Waals surface area contributed by atoms with Crippen LogP contribution in [0, 0.1) is 18.3 Å². The maximum absolute atomic E-state index is 11.1. The largest absolute Gasteiger partial charge is 0.352 e. The van der Waals surface area contributed by atoms with Gasteiger partial charge in [0.15, 0.2) is 0 Å². The van der Waals surface area contributed by atoms with Crippen LogP contribution in [0.1, 0.15) is 26.2 Å². The van der Waals surface area contributed by atoms with Crippen LogP contribution in [-0.4, -0.2) is 11.9 Å². The third kappa shape index (κ3) is 2.63. The molecule has 0 radical (unpaired) electrons. The number of carbonyl (C=O) groups is 1. The Labute approximate surface area is 67.4 Å². The summed E-state index contributed by atoms with van der Waals surface area (Å²) in [6.45, 7) is 1.93. The highest BCUT2D eigenvalue weighted by molar-refractivity contribution is 5.81. The molecule has 0 aromatic carbocycles. The molecule has 11 heavy (non-hydrogen) atoms. The molecule has 60 valence electrons. The van der Waals surface area contributed by atoms with Gasteiger partial charge in [-0.1, -0.05) is 0 Å². The SMILES string of the molecule is C#CCC(C)NC(=O)C1CC1. The first-order chi connectivity index (χ1) is 5.24. The zero-order valence-corrected chi connectivity index (χ0v) is 6.76. The first-order valence-electron chi connectivity index (χ1n) is 3.98. The molecular formula is C9H13NO. The van der Waals surface area contributed by atoms with Gasteiger partial charge in [0, 0.05) is 18.4 Å². The summed E-state index contributed by atoms with van der Waals surface area (Å²) in [6, 6.07) is 0.132. The van der Waals surface area contributed by atoms with Gasteiger partial charge in [0.25, 0.3) is 0 Å². The standard InChI is InChI=1S/C9H13NO/c1-3-4-7(2)10-9(11)8-5-6-8/h1,7-8H,4-6H2,2H3,(H,10,11). The maximum Gasteiger partial charge on any atom is 0.223 e. The van der Waals surface area contributed by atoms with E-state index in [9.17, 15) is 4.79 Å². The van der Waals surface area contributed by atoms with Gasteiger partial charge in [-0.05, 0) is 19.8 Å². The Kier molecular flexibility index (Phi) is 2.53. The molecule has 1 N–H and O–H groups in total. The van der Waals surface area contributed by atoms with Gasteiger partial charge in [-0.3, -0.25) is 4.79 Å². The van der Waals surface area contributed by atoms with Gasteiger partial charge in [0.2, 0.25) is 5.91 Å². The third-order valence-electron chi connectivity index (χ3n) is 1.76. The first kappa shape index (κ1) is 8.13. The van der Waals surface area contributed by atoms with Crippen LogP contribution in [0.15, 0.2) is 0 Å². The van der Waals surface area contributed by atoms with E-state index in [0.29, 0.717) is 6.42 Å². The van der Waals surface area contributed by atoms with E-state index in [2.05, 4.69) is 11.2 Å². The minimum absolute atomic E-state index is 0.132. The van der Waals surface area contributed by atoms with Crippen LogP contribution in [-0.2, 0) is 4.79 Å². The van der Waals surface area contributed by atoms with Crippen LogP contribution in [0.5, 0.6) is 0 Å². The van der Waals surface area contributed by atoms with Gasteiger partial charge < -0.3 is 5.32 Å². The van der Waals surface area contributed by atoms with Crippen molar-refractivity contribution in [3.63, 3.8) is 0 Å². The molecule has 0 aromatic rings. The number of rotatable bonds is 3. The monoisotopic (exact) mass is 151 g/mol. The van der Waals surface area contributed by atoms with E-state index in [-0.39, 0.29) is 17.9 Å². The quantitative estimate of drug-likeness (QED) is 0.597. The normalized spacial score (nSPS) is 18.5. The molecule has 1 saturated carbocycles. The molecule has 0 heterocycles. The van der Waals surface area contributed by atoms with E-state index in [1.54, 1.807) is 0 Å². The molecule has 0 saturated heterocycles. The fraction of sp³-hybridized carbons (Fsp3) is 0.667. The molecule has 2 nitrogen and oxygen atoms in total. The third-order valence-corrected chi connectivity index (χ3v) is 1.76. The molecule has 1 atom stereocenters. The van der Waals surface area contributed by atoms with Crippen LogP contribution >= 0.6 is 0 Å². The molecule has 1 amide bonds. The fourth-order valence-electron chi connectivity index (χ4n) is 0.934. The lowest BCUT2D eigenvalue weighted by Crippen LogP contribution is -2.33. The van der Waals surface area contributed by atoms with Crippen LogP contribution in [0.25, 0.3) is 0 Å². The van der Waals surface area contributed by atoms with Crippen LogP contribution in [0.3, 0.4) is 0 Å². The Morgan fingerprint density at radius 2 is 2.45 bits per heavy atom. The molecule has 1 aliphatic carbocycles. The van der Waals surface area contributed by atoms with Crippen LogP contribution in [0.4, 0.5) is 0 Å². The zero-order valence-electron chi connectivity index (χ0n) is 6.76. The summed E-state index contributed by atoms with van der Waals surface area (Å²) in [5, 5.41) is 2.86. The molecule has 0 bridgehead atoms. The van der Waals surface area contributed by atoms with Crippen molar-refractivity contribution in [3.8, 4) is 12.3 Å². The number of hydrogen-bond acceptors (Lipinski definition) is 1. The van der Waals surface area contributed by atoms with Crippen molar-refractivity contribution in [1.29, 1.82) is 0 Å². The number of hydrogen-bond donors (Lipinski definition) is 1. The summed E-state index contributed by atoms with van der Waals surface area (Å²) in [7, 11) is 0. The van der Waals surface area contributed by atoms with Crippen molar-refractivity contribution in [3.05, 3.63) is 0 Å². The van der Waals surface area contributed by atoms with Crippen LogP contribution in [0.2, 0.25) is 0 Å². The Bertz CT molecular complexity index is 188. The fourth-order valence-corrected chi connectivity index (χ4v) is 0.934. The zero-order chi connectivity index (χ0) is 8.27. The summed E-state index contributed by atoms with van der Waals surface area (Å²) >= 11 is 0. The lowest BCUT2D eigenvalue weighted by molar-refractivity contribution is -0.122. The molecule has 1 rings (SSSR count). The van der Waals surface area contributed by atoms with Gasteiger partial charge in [0.05, 0.1) is 0 Å². The Morgan fingerprint density at radius 3 is 2.91 bits per heavy atom. The lowest BCUT2D eigenvalue weighted by Gasteiger charge is -2.09.